The van der Waals surface area contributed by atoms with Gasteiger partial charge in [-0.15, -0.1) is 0 Å². The summed E-state index contributed by atoms with van der Waals surface area (Å²) in [5.74, 6) is 0.732. The zero-order valence-corrected chi connectivity index (χ0v) is 15.5. The van der Waals surface area contributed by atoms with Crippen molar-refractivity contribution >= 4 is 11.9 Å². The lowest BCUT2D eigenvalue weighted by molar-refractivity contribution is -0.141. The molecular weight excluding hydrogens is 377 g/mol. The van der Waals surface area contributed by atoms with E-state index in [4.69, 9.17) is 4.42 Å². The van der Waals surface area contributed by atoms with Crippen LogP contribution in [0.2, 0.25) is 0 Å². The lowest BCUT2D eigenvalue weighted by atomic mass is 10.0. The highest BCUT2D eigenvalue weighted by molar-refractivity contribution is 5.79. The van der Waals surface area contributed by atoms with E-state index in [0.29, 0.717) is 24.8 Å². The summed E-state index contributed by atoms with van der Waals surface area (Å²) in [6.07, 6.45) is -2.00. The Balaban J connectivity index is 1.86. The molecule has 8 nitrogen and oxygen atoms in total. The first-order valence-electron chi connectivity index (χ1n) is 8.65. The summed E-state index contributed by atoms with van der Waals surface area (Å²) >= 11 is 0. The number of nitrogens with one attached hydrogen (secondary N) is 3. The van der Waals surface area contributed by atoms with Gasteiger partial charge in [-0.25, -0.2) is 15.0 Å². The predicted octanol–water partition coefficient (Wildman–Crippen LogP) is 1.96. The van der Waals surface area contributed by atoms with Gasteiger partial charge in [-0.3, -0.25) is 0 Å². The van der Waals surface area contributed by atoms with E-state index in [2.05, 4.69) is 30.9 Å². The molecule has 4 N–H and O–H groups in total. The number of rotatable bonds is 8. The van der Waals surface area contributed by atoms with Crippen LogP contribution in [0.1, 0.15) is 25.3 Å². The molecule has 0 bridgehead atoms. The van der Waals surface area contributed by atoms with E-state index >= 15 is 0 Å². The second-order valence-corrected chi connectivity index (χ2v) is 6.06. The number of aromatic nitrogens is 2. The Morgan fingerprint density at radius 1 is 1.25 bits per heavy atom. The van der Waals surface area contributed by atoms with Crippen LogP contribution in [0.4, 0.5) is 19.1 Å². The average Bonchev–Trinajstić information content (AvgIpc) is 3.18. The van der Waals surface area contributed by atoms with Gasteiger partial charge in [-0.05, 0) is 32.0 Å². The molecule has 0 fully saturated rings. The molecule has 2 aromatic heterocycles. The van der Waals surface area contributed by atoms with Crippen molar-refractivity contribution in [2.75, 3.05) is 31.5 Å². The summed E-state index contributed by atoms with van der Waals surface area (Å²) in [6.45, 7) is 4.73. The lowest BCUT2D eigenvalue weighted by Crippen LogP contribution is -2.40. The number of aliphatic imine (C=N–C) groups is 1. The van der Waals surface area contributed by atoms with Crippen LogP contribution >= 0.6 is 0 Å². The minimum atomic E-state index is -4.52. The van der Waals surface area contributed by atoms with Gasteiger partial charge in [0.05, 0.1) is 12.8 Å². The molecule has 1 atom stereocenters. The first kappa shape index (κ1) is 21.5. The molecule has 2 heterocycles. The topological polar surface area (TPSA) is 108 Å². The molecule has 2 rings (SSSR count). The lowest BCUT2D eigenvalue weighted by Gasteiger charge is -2.19. The van der Waals surface area contributed by atoms with Gasteiger partial charge in [0.1, 0.15) is 17.1 Å². The highest BCUT2D eigenvalue weighted by Gasteiger charge is 2.32. The molecule has 11 heteroatoms. The van der Waals surface area contributed by atoms with Crippen molar-refractivity contribution in [3.8, 4) is 0 Å². The van der Waals surface area contributed by atoms with Gasteiger partial charge in [-0.1, -0.05) is 0 Å². The molecule has 0 aliphatic rings. The Labute approximate surface area is 160 Å². The molecule has 0 aliphatic heterocycles. The molecule has 1 unspecified atom stereocenters. The van der Waals surface area contributed by atoms with E-state index < -0.39 is 17.5 Å². The van der Waals surface area contributed by atoms with Crippen LogP contribution in [-0.4, -0.2) is 47.2 Å². The molecule has 0 saturated heterocycles. The minimum Gasteiger partial charge on any atom is -0.466 e. The maximum atomic E-state index is 12.6. The summed E-state index contributed by atoms with van der Waals surface area (Å²) in [5.41, 5.74) is -2.27. The van der Waals surface area contributed by atoms with E-state index in [1.54, 1.807) is 19.1 Å². The Hall–Kier alpha value is -2.82. The summed E-state index contributed by atoms with van der Waals surface area (Å²) in [6, 6.07) is 4.15. The second-order valence-electron chi connectivity index (χ2n) is 6.06. The summed E-state index contributed by atoms with van der Waals surface area (Å²) in [5, 5.41) is 19.2. The van der Waals surface area contributed by atoms with Crippen molar-refractivity contribution < 1.29 is 22.7 Å². The van der Waals surface area contributed by atoms with Crippen LogP contribution in [-0.2, 0) is 11.8 Å². The van der Waals surface area contributed by atoms with E-state index in [9.17, 15) is 18.3 Å². The monoisotopic (exact) mass is 400 g/mol. The fourth-order valence-corrected chi connectivity index (χ4v) is 2.19. The second kappa shape index (κ2) is 9.40. The molecule has 0 aliphatic carbocycles. The number of alkyl halides is 3. The molecule has 0 spiro atoms. The van der Waals surface area contributed by atoms with Gasteiger partial charge in [0.15, 0.2) is 5.96 Å². The molecular formula is C17H23F3N6O2. The van der Waals surface area contributed by atoms with Crippen molar-refractivity contribution in [3.63, 3.8) is 0 Å². The third-order valence-corrected chi connectivity index (χ3v) is 3.59. The number of hydrogen-bond acceptors (Lipinski definition) is 6. The summed E-state index contributed by atoms with van der Waals surface area (Å²) in [4.78, 5) is 11.5. The van der Waals surface area contributed by atoms with E-state index in [0.717, 1.165) is 12.3 Å². The number of anilines is 1. The highest BCUT2D eigenvalue weighted by atomic mass is 19.4. The number of guanidine groups is 1. The number of furan rings is 1. The van der Waals surface area contributed by atoms with Crippen molar-refractivity contribution in [1.29, 1.82) is 0 Å². The van der Waals surface area contributed by atoms with Crippen LogP contribution in [0.5, 0.6) is 0 Å². The zero-order chi connectivity index (χ0) is 20.6. The maximum absolute atomic E-state index is 12.6. The number of hydrogen-bond donors (Lipinski definition) is 4. The summed E-state index contributed by atoms with van der Waals surface area (Å²) in [7, 11) is 0. The number of aliphatic hydroxyl groups is 1. The Morgan fingerprint density at radius 3 is 2.68 bits per heavy atom. The maximum Gasteiger partial charge on any atom is 0.433 e. The van der Waals surface area contributed by atoms with Crippen molar-refractivity contribution in [2.24, 2.45) is 4.99 Å². The smallest absolute Gasteiger partial charge is 0.433 e. The van der Waals surface area contributed by atoms with Gasteiger partial charge in [0, 0.05) is 25.8 Å². The Morgan fingerprint density at radius 2 is 2.04 bits per heavy atom. The fraction of sp³-hybridized carbons (Fsp3) is 0.471. The number of halogens is 3. The molecule has 0 amide bonds. The highest BCUT2D eigenvalue weighted by Crippen LogP contribution is 2.27. The van der Waals surface area contributed by atoms with Gasteiger partial charge in [-0.2, -0.15) is 13.2 Å². The van der Waals surface area contributed by atoms with Crippen LogP contribution in [0.15, 0.2) is 40.1 Å². The first-order chi connectivity index (χ1) is 13.2. The van der Waals surface area contributed by atoms with Gasteiger partial charge in [0.25, 0.3) is 0 Å². The average molecular weight is 400 g/mol. The third kappa shape index (κ3) is 6.41. The minimum absolute atomic E-state index is 0.0556. The van der Waals surface area contributed by atoms with Crippen LogP contribution in [0.3, 0.4) is 0 Å². The first-order valence-corrected chi connectivity index (χ1v) is 8.65. The SMILES string of the molecule is CCNC(=NCC(C)(O)c1ccco1)NCCNc1nccc(C(F)(F)F)n1. The van der Waals surface area contributed by atoms with Crippen LogP contribution < -0.4 is 16.0 Å². The predicted molar refractivity (Wildman–Crippen MR) is 97.8 cm³/mol. The Kier molecular flexibility index (Phi) is 7.21. The molecule has 0 aromatic carbocycles. The zero-order valence-electron chi connectivity index (χ0n) is 15.5. The van der Waals surface area contributed by atoms with E-state index in [1.165, 1.54) is 6.26 Å². The fourth-order valence-electron chi connectivity index (χ4n) is 2.19. The normalized spacial score (nSPS) is 14.4. The van der Waals surface area contributed by atoms with Crippen LogP contribution in [0, 0.1) is 0 Å². The molecule has 0 saturated carbocycles. The molecule has 0 radical (unpaired) electrons. The van der Waals surface area contributed by atoms with Crippen molar-refractivity contribution in [1.82, 2.24) is 20.6 Å². The largest absolute Gasteiger partial charge is 0.466 e. The quantitative estimate of drug-likeness (QED) is 0.305. The molecule has 28 heavy (non-hydrogen) atoms. The van der Waals surface area contributed by atoms with Crippen molar-refractivity contribution in [2.45, 2.75) is 25.6 Å². The number of nitrogens with zero attached hydrogens (tertiary/aromatic N) is 3. The molecule has 2 aromatic rings. The Bertz CT molecular complexity index is 763. The van der Waals surface area contributed by atoms with Gasteiger partial charge in [0.2, 0.25) is 5.95 Å². The van der Waals surface area contributed by atoms with E-state index in [-0.39, 0.29) is 19.0 Å². The van der Waals surface area contributed by atoms with Gasteiger partial charge < -0.3 is 25.5 Å². The standard InChI is InChI=1S/C17H23F3N6O2/c1-3-21-14(25-11-16(2,27)13-5-4-10-28-13)23-8-9-24-15-22-7-6-12(26-15)17(18,19)20/h4-7,10,27H,3,8-9,11H2,1-2H3,(H2,21,23,25)(H,22,24,26). The van der Waals surface area contributed by atoms with E-state index in [1.807, 2.05) is 6.92 Å². The van der Waals surface area contributed by atoms with Crippen molar-refractivity contribution in [3.05, 3.63) is 42.1 Å². The molecule has 154 valence electrons. The third-order valence-electron chi connectivity index (χ3n) is 3.59. The van der Waals surface area contributed by atoms with Gasteiger partial charge >= 0.3 is 6.18 Å². The summed E-state index contributed by atoms with van der Waals surface area (Å²) < 4.78 is 43.2. The van der Waals surface area contributed by atoms with Crippen LogP contribution in [0.25, 0.3) is 0 Å².